The normalized spacial score (nSPS) is 27.3. The molecule has 4 amide bonds. The minimum Gasteiger partial charge on any atom is -0.352 e. The quantitative estimate of drug-likeness (QED) is 0.695. The minimum atomic E-state index is -0.525. The molecule has 1 aromatic carbocycles. The minimum absolute atomic E-state index is 0.0143. The zero-order chi connectivity index (χ0) is 21.5. The van der Waals surface area contributed by atoms with E-state index in [2.05, 4.69) is 5.32 Å². The number of imide groups is 1. The number of benzene rings is 1. The molecule has 3 heterocycles. The molecule has 3 aliphatic heterocycles. The van der Waals surface area contributed by atoms with Gasteiger partial charge in [0.15, 0.2) is 0 Å². The van der Waals surface area contributed by atoms with Gasteiger partial charge in [-0.1, -0.05) is 12.1 Å². The highest BCUT2D eigenvalue weighted by atomic mass is 32.2. The van der Waals surface area contributed by atoms with E-state index < -0.39 is 17.2 Å². The zero-order valence-electron chi connectivity index (χ0n) is 16.2. The molecular weight excluding hydrogens is 429 g/mol. The molecule has 30 heavy (non-hydrogen) atoms. The molecule has 0 aliphatic carbocycles. The highest BCUT2D eigenvalue weighted by Crippen LogP contribution is 2.47. The second kappa shape index (κ2) is 8.07. The fourth-order valence-electron chi connectivity index (χ4n) is 3.83. The molecule has 0 radical (unpaired) electrons. The van der Waals surface area contributed by atoms with Crippen molar-refractivity contribution < 1.29 is 23.6 Å². The van der Waals surface area contributed by atoms with Gasteiger partial charge in [0, 0.05) is 25.3 Å². The molecule has 0 saturated carbocycles. The molecule has 3 fully saturated rings. The molecule has 0 aromatic heterocycles. The smallest absolute Gasteiger partial charge is 0.293 e. The Kier molecular flexibility index (Phi) is 5.63. The van der Waals surface area contributed by atoms with Gasteiger partial charge in [0.1, 0.15) is 11.9 Å². The van der Waals surface area contributed by atoms with E-state index >= 15 is 0 Å². The third kappa shape index (κ3) is 3.85. The van der Waals surface area contributed by atoms with Crippen molar-refractivity contribution in [3.8, 4) is 0 Å². The maximum Gasteiger partial charge on any atom is 0.293 e. The second-order valence-electron chi connectivity index (χ2n) is 7.44. The summed E-state index contributed by atoms with van der Waals surface area (Å²) in [6, 6.07) is 5.09. The Labute approximate surface area is 181 Å². The molecule has 1 aromatic rings. The first-order chi connectivity index (χ1) is 14.3. The van der Waals surface area contributed by atoms with Crippen molar-refractivity contribution in [2.24, 2.45) is 0 Å². The number of carbonyl (C=O) groups is 4. The molecule has 1 N–H and O–H groups in total. The van der Waals surface area contributed by atoms with Crippen LogP contribution in [0.4, 0.5) is 9.18 Å². The molecule has 158 valence electrons. The van der Waals surface area contributed by atoms with Crippen LogP contribution in [-0.2, 0) is 14.4 Å². The van der Waals surface area contributed by atoms with E-state index in [4.69, 9.17) is 0 Å². The molecule has 10 heteroatoms. The molecule has 2 unspecified atom stereocenters. The lowest BCUT2D eigenvalue weighted by Gasteiger charge is -2.29. The summed E-state index contributed by atoms with van der Waals surface area (Å²) in [6.45, 7) is 2.13. The number of rotatable bonds is 5. The first-order valence-electron chi connectivity index (χ1n) is 9.53. The summed E-state index contributed by atoms with van der Waals surface area (Å²) in [5.41, 5.74) is 0.618. The van der Waals surface area contributed by atoms with Crippen LogP contribution in [0, 0.1) is 5.82 Å². The van der Waals surface area contributed by atoms with Crippen LogP contribution in [0.5, 0.6) is 0 Å². The Morgan fingerprint density at radius 2 is 2.03 bits per heavy atom. The van der Waals surface area contributed by atoms with Gasteiger partial charge in [-0.25, -0.2) is 4.39 Å². The molecule has 3 saturated heterocycles. The first-order valence-corrected chi connectivity index (χ1v) is 11.3. The molecule has 0 spiro atoms. The van der Waals surface area contributed by atoms with Gasteiger partial charge >= 0.3 is 0 Å². The number of hydrogen-bond donors (Lipinski definition) is 1. The van der Waals surface area contributed by atoms with Gasteiger partial charge in [-0.2, -0.15) is 0 Å². The molecule has 3 aliphatic rings. The number of hydrogen-bond acceptors (Lipinski definition) is 6. The van der Waals surface area contributed by atoms with Gasteiger partial charge in [-0.3, -0.25) is 24.1 Å². The maximum absolute atomic E-state index is 13.0. The SMILES string of the molecule is CC12CCC(=O)N1C(C(=O)NCCN1C(=O)S/C(=C/c3ccc(F)cc3)C1=O)CS2. The van der Waals surface area contributed by atoms with Crippen molar-refractivity contribution in [1.29, 1.82) is 0 Å². The number of thioether (sulfide) groups is 2. The average molecular weight is 450 g/mol. The summed E-state index contributed by atoms with van der Waals surface area (Å²) in [7, 11) is 0. The Balaban J connectivity index is 1.33. The summed E-state index contributed by atoms with van der Waals surface area (Å²) < 4.78 is 13.0. The highest BCUT2D eigenvalue weighted by molar-refractivity contribution is 8.18. The Morgan fingerprint density at radius 3 is 2.77 bits per heavy atom. The van der Waals surface area contributed by atoms with Crippen molar-refractivity contribution in [2.45, 2.75) is 30.7 Å². The number of carbonyl (C=O) groups excluding carboxylic acids is 4. The summed E-state index contributed by atoms with van der Waals surface area (Å²) in [5, 5.41) is 2.34. The van der Waals surface area contributed by atoms with Crippen LogP contribution < -0.4 is 5.32 Å². The van der Waals surface area contributed by atoms with Crippen LogP contribution in [-0.4, -0.2) is 62.5 Å². The largest absolute Gasteiger partial charge is 0.352 e. The first kappa shape index (κ1) is 20.9. The predicted octanol–water partition coefficient (Wildman–Crippen LogP) is 2.43. The number of nitrogens with one attached hydrogen (secondary N) is 1. The second-order valence-corrected chi connectivity index (χ2v) is 9.94. The van der Waals surface area contributed by atoms with Gasteiger partial charge in [-0.05, 0) is 48.9 Å². The van der Waals surface area contributed by atoms with E-state index in [1.54, 1.807) is 22.7 Å². The molecule has 4 rings (SSSR count). The Hall–Kier alpha value is -2.33. The van der Waals surface area contributed by atoms with Crippen molar-refractivity contribution >= 4 is 52.6 Å². The van der Waals surface area contributed by atoms with Crippen LogP contribution in [0.2, 0.25) is 0 Å². The van der Waals surface area contributed by atoms with Crippen molar-refractivity contribution in [3.05, 3.63) is 40.6 Å². The van der Waals surface area contributed by atoms with E-state index in [-0.39, 0.29) is 40.5 Å². The monoisotopic (exact) mass is 449 g/mol. The summed E-state index contributed by atoms with van der Waals surface area (Å²) in [5.74, 6) is -0.569. The standard InChI is InChI=1S/C20H20FN3O4S2/c1-20-7-6-16(25)24(20)14(11-29-20)17(26)22-8-9-23-18(27)15(30-19(23)28)10-12-2-4-13(21)5-3-12/h2-5,10,14H,6-9,11H2,1H3,(H,22,26)/b15-10+. The van der Waals surface area contributed by atoms with Crippen LogP contribution in [0.3, 0.4) is 0 Å². The van der Waals surface area contributed by atoms with E-state index in [1.807, 2.05) is 6.92 Å². The van der Waals surface area contributed by atoms with Crippen molar-refractivity contribution in [3.63, 3.8) is 0 Å². The Bertz CT molecular complexity index is 952. The number of fused-ring (bicyclic) bond motifs is 1. The average Bonchev–Trinajstić information content (AvgIpc) is 3.30. The third-order valence-electron chi connectivity index (χ3n) is 5.42. The number of halogens is 1. The number of amides is 4. The van der Waals surface area contributed by atoms with Gasteiger partial charge in [0.2, 0.25) is 11.8 Å². The highest BCUT2D eigenvalue weighted by Gasteiger charge is 2.52. The third-order valence-corrected chi connectivity index (χ3v) is 7.84. The molecular formula is C20H20FN3O4S2. The topological polar surface area (TPSA) is 86.8 Å². The maximum atomic E-state index is 13.0. The summed E-state index contributed by atoms with van der Waals surface area (Å²) in [6.07, 6.45) is 2.72. The van der Waals surface area contributed by atoms with Crippen molar-refractivity contribution in [1.82, 2.24) is 15.1 Å². The van der Waals surface area contributed by atoms with Gasteiger partial charge in [0.25, 0.3) is 11.1 Å². The van der Waals surface area contributed by atoms with Gasteiger partial charge < -0.3 is 10.2 Å². The van der Waals surface area contributed by atoms with Gasteiger partial charge in [-0.15, -0.1) is 11.8 Å². The van der Waals surface area contributed by atoms with E-state index in [0.717, 1.165) is 23.1 Å². The summed E-state index contributed by atoms with van der Waals surface area (Å²) >= 11 is 2.42. The number of nitrogens with zero attached hydrogens (tertiary/aromatic N) is 2. The molecule has 2 atom stereocenters. The summed E-state index contributed by atoms with van der Waals surface area (Å²) in [4.78, 5) is 52.2. The Morgan fingerprint density at radius 1 is 1.30 bits per heavy atom. The van der Waals surface area contributed by atoms with Crippen LogP contribution in [0.1, 0.15) is 25.3 Å². The van der Waals surface area contributed by atoms with Crippen LogP contribution in [0.25, 0.3) is 6.08 Å². The molecule has 7 nitrogen and oxygen atoms in total. The van der Waals surface area contributed by atoms with Gasteiger partial charge in [0.05, 0.1) is 9.78 Å². The van der Waals surface area contributed by atoms with Crippen molar-refractivity contribution in [2.75, 3.05) is 18.8 Å². The zero-order valence-corrected chi connectivity index (χ0v) is 17.9. The lowest BCUT2D eigenvalue weighted by molar-refractivity contribution is -0.137. The van der Waals surface area contributed by atoms with Crippen LogP contribution >= 0.6 is 23.5 Å². The lowest BCUT2D eigenvalue weighted by Crippen LogP contribution is -2.51. The predicted molar refractivity (Wildman–Crippen MR) is 113 cm³/mol. The van der Waals surface area contributed by atoms with E-state index in [1.165, 1.54) is 24.3 Å². The van der Waals surface area contributed by atoms with E-state index in [9.17, 15) is 23.6 Å². The molecule has 0 bridgehead atoms. The fourth-order valence-corrected chi connectivity index (χ4v) is 6.12. The lowest BCUT2D eigenvalue weighted by atomic mass is 10.2. The van der Waals surface area contributed by atoms with E-state index in [0.29, 0.717) is 17.7 Å². The fraction of sp³-hybridized carbons (Fsp3) is 0.400. The van der Waals surface area contributed by atoms with Crippen LogP contribution in [0.15, 0.2) is 29.2 Å².